The summed E-state index contributed by atoms with van der Waals surface area (Å²) in [5.41, 5.74) is 5.76. The summed E-state index contributed by atoms with van der Waals surface area (Å²) >= 11 is 0. The molecule has 3 rings (SSSR count). The van der Waals surface area contributed by atoms with E-state index in [1.807, 2.05) is 0 Å². The van der Waals surface area contributed by atoms with E-state index >= 15 is 0 Å². The van der Waals surface area contributed by atoms with E-state index in [0.717, 1.165) is 38.5 Å². The third-order valence-electron chi connectivity index (χ3n) is 4.94. The standard InChI is InChI=1S/C17H25N3O4S/c1-24-14-7-4-12(10-15(14)25(22,23)20-13-5-6-13)16(21)19-17(11-18)8-2-3-9-17/h4,7,10,13,20H,2-3,5-6,8-9,11,18H2,1H3,(H,19,21). The second-order valence-electron chi connectivity index (χ2n) is 6.91. The molecule has 2 saturated carbocycles. The highest BCUT2D eigenvalue weighted by molar-refractivity contribution is 7.89. The zero-order valence-electron chi connectivity index (χ0n) is 14.4. The minimum Gasteiger partial charge on any atom is -0.495 e. The lowest BCUT2D eigenvalue weighted by Gasteiger charge is -2.28. The summed E-state index contributed by atoms with van der Waals surface area (Å²) in [6, 6.07) is 4.44. The molecule has 0 atom stereocenters. The van der Waals surface area contributed by atoms with Crippen LogP contribution in [0.3, 0.4) is 0 Å². The first kappa shape index (κ1) is 18.2. The van der Waals surface area contributed by atoms with Gasteiger partial charge in [0.2, 0.25) is 10.0 Å². The van der Waals surface area contributed by atoms with Crippen molar-refractivity contribution in [2.24, 2.45) is 5.73 Å². The molecule has 0 unspecified atom stereocenters. The summed E-state index contributed by atoms with van der Waals surface area (Å²) in [7, 11) is -2.31. The Bertz CT molecular complexity index is 753. The van der Waals surface area contributed by atoms with Gasteiger partial charge in [0.1, 0.15) is 10.6 Å². The van der Waals surface area contributed by atoms with Crippen LogP contribution in [-0.2, 0) is 10.0 Å². The second kappa shape index (κ2) is 6.93. The Kier molecular flexibility index (Phi) is 5.04. The van der Waals surface area contributed by atoms with Crippen LogP contribution in [0.15, 0.2) is 23.1 Å². The van der Waals surface area contributed by atoms with E-state index in [-0.39, 0.29) is 33.7 Å². The van der Waals surface area contributed by atoms with Gasteiger partial charge in [-0.2, -0.15) is 0 Å². The van der Waals surface area contributed by atoms with Crippen LogP contribution >= 0.6 is 0 Å². The average molecular weight is 367 g/mol. The predicted molar refractivity (Wildman–Crippen MR) is 94.1 cm³/mol. The molecular weight excluding hydrogens is 342 g/mol. The number of rotatable bonds is 7. The molecule has 8 heteroatoms. The molecule has 2 fully saturated rings. The highest BCUT2D eigenvalue weighted by atomic mass is 32.2. The monoisotopic (exact) mass is 367 g/mol. The minimum absolute atomic E-state index is 0.0113. The maximum absolute atomic E-state index is 12.7. The van der Waals surface area contributed by atoms with Crippen molar-refractivity contribution in [2.75, 3.05) is 13.7 Å². The number of amides is 1. The Balaban J connectivity index is 1.87. The summed E-state index contributed by atoms with van der Waals surface area (Å²) in [5, 5.41) is 3.01. The van der Waals surface area contributed by atoms with Crippen LogP contribution in [0.2, 0.25) is 0 Å². The summed E-state index contributed by atoms with van der Waals surface area (Å²) < 4.78 is 32.9. The van der Waals surface area contributed by atoms with Crippen molar-refractivity contribution in [1.82, 2.24) is 10.0 Å². The number of methoxy groups -OCH3 is 1. The number of nitrogens with one attached hydrogen (secondary N) is 2. The maximum atomic E-state index is 12.7. The van der Waals surface area contributed by atoms with Crippen LogP contribution in [0.5, 0.6) is 5.75 Å². The predicted octanol–water partition coefficient (Wildman–Crippen LogP) is 1.14. The van der Waals surface area contributed by atoms with E-state index in [4.69, 9.17) is 10.5 Å². The molecule has 7 nitrogen and oxygen atoms in total. The van der Waals surface area contributed by atoms with Crippen molar-refractivity contribution in [3.63, 3.8) is 0 Å². The normalized spacial score (nSPS) is 19.6. The first-order valence-electron chi connectivity index (χ1n) is 8.62. The number of carbonyl (C=O) groups excluding carboxylic acids is 1. The van der Waals surface area contributed by atoms with E-state index in [0.29, 0.717) is 6.54 Å². The number of hydrogen-bond donors (Lipinski definition) is 3. The molecule has 0 bridgehead atoms. The summed E-state index contributed by atoms with van der Waals surface area (Å²) in [6.07, 6.45) is 5.43. The van der Waals surface area contributed by atoms with Gasteiger partial charge in [0.25, 0.3) is 5.91 Å². The largest absolute Gasteiger partial charge is 0.495 e. The SMILES string of the molecule is COc1ccc(C(=O)NC2(CN)CCCC2)cc1S(=O)(=O)NC1CC1. The Morgan fingerprint density at radius 3 is 2.56 bits per heavy atom. The average Bonchev–Trinajstić information content (AvgIpc) is 3.28. The zero-order chi connectivity index (χ0) is 18.1. The molecule has 0 heterocycles. The Morgan fingerprint density at radius 1 is 1.32 bits per heavy atom. The minimum atomic E-state index is -3.72. The van der Waals surface area contributed by atoms with Crippen LogP contribution in [0.4, 0.5) is 0 Å². The van der Waals surface area contributed by atoms with Crippen molar-refractivity contribution >= 4 is 15.9 Å². The second-order valence-corrected chi connectivity index (χ2v) is 8.59. The van der Waals surface area contributed by atoms with Crippen molar-refractivity contribution in [1.29, 1.82) is 0 Å². The molecule has 1 aromatic rings. The van der Waals surface area contributed by atoms with Gasteiger partial charge in [-0.1, -0.05) is 12.8 Å². The Labute approximate surface area is 148 Å². The van der Waals surface area contributed by atoms with Gasteiger partial charge in [-0.25, -0.2) is 13.1 Å². The molecule has 2 aliphatic rings. The lowest BCUT2D eigenvalue weighted by Crippen LogP contribution is -2.51. The quantitative estimate of drug-likeness (QED) is 0.669. The van der Waals surface area contributed by atoms with Gasteiger partial charge < -0.3 is 15.8 Å². The molecule has 4 N–H and O–H groups in total. The van der Waals surface area contributed by atoms with Crippen LogP contribution < -0.4 is 20.5 Å². The van der Waals surface area contributed by atoms with Crippen LogP contribution in [-0.4, -0.2) is 39.6 Å². The molecule has 0 spiro atoms. The molecule has 2 aliphatic carbocycles. The fourth-order valence-corrected chi connectivity index (χ4v) is 4.76. The van der Waals surface area contributed by atoms with Crippen molar-refractivity contribution in [3.8, 4) is 5.75 Å². The molecule has 25 heavy (non-hydrogen) atoms. The summed E-state index contributed by atoms with van der Waals surface area (Å²) in [4.78, 5) is 12.6. The van der Waals surface area contributed by atoms with E-state index in [9.17, 15) is 13.2 Å². The molecule has 0 saturated heterocycles. The number of sulfonamides is 1. The molecule has 1 aromatic carbocycles. The van der Waals surface area contributed by atoms with Gasteiger partial charge >= 0.3 is 0 Å². The Hall–Kier alpha value is -1.64. The fourth-order valence-electron chi connectivity index (χ4n) is 3.26. The van der Waals surface area contributed by atoms with Gasteiger partial charge in [0.05, 0.1) is 12.6 Å². The van der Waals surface area contributed by atoms with Gasteiger partial charge in [0, 0.05) is 18.2 Å². The van der Waals surface area contributed by atoms with Gasteiger partial charge in [-0.05, 0) is 43.9 Å². The highest BCUT2D eigenvalue weighted by Gasteiger charge is 2.35. The fraction of sp³-hybridized carbons (Fsp3) is 0.588. The molecule has 0 aromatic heterocycles. The smallest absolute Gasteiger partial charge is 0.251 e. The van der Waals surface area contributed by atoms with Crippen LogP contribution in [0.1, 0.15) is 48.9 Å². The summed E-state index contributed by atoms with van der Waals surface area (Å²) in [5.74, 6) is -0.0861. The first-order chi connectivity index (χ1) is 11.9. The van der Waals surface area contributed by atoms with E-state index in [2.05, 4.69) is 10.0 Å². The third kappa shape index (κ3) is 3.96. The molecule has 138 valence electrons. The number of ether oxygens (including phenoxy) is 1. The van der Waals surface area contributed by atoms with E-state index in [1.54, 1.807) is 6.07 Å². The van der Waals surface area contributed by atoms with Crippen LogP contribution in [0.25, 0.3) is 0 Å². The number of benzene rings is 1. The van der Waals surface area contributed by atoms with E-state index < -0.39 is 10.0 Å². The van der Waals surface area contributed by atoms with Gasteiger partial charge in [-0.15, -0.1) is 0 Å². The van der Waals surface area contributed by atoms with Crippen LogP contribution in [0, 0.1) is 0 Å². The third-order valence-corrected chi connectivity index (χ3v) is 6.49. The Morgan fingerprint density at radius 2 is 2.00 bits per heavy atom. The van der Waals surface area contributed by atoms with Crippen molar-refractivity contribution in [3.05, 3.63) is 23.8 Å². The molecule has 1 amide bonds. The zero-order valence-corrected chi connectivity index (χ0v) is 15.2. The van der Waals surface area contributed by atoms with Gasteiger partial charge in [0.15, 0.2) is 0 Å². The van der Waals surface area contributed by atoms with E-state index in [1.165, 1.54) is 19.2 Å². The lowest BCUT2D eigenvalue weighted by molar-refractivity contribution is 0.0903. The molecule has 0 radical (unpaired) electrons. The molecule has 0 aliphatic heterocycles. The number of nitrogens with two attached hydrogens (primary N) is 1. The van der Waals surface area contributed by atoms with Gasteiger partial charge in [-0.3, -0.25) is 4.79 Å². The topological polar surface area (TPSA) is 111 Å². The number of hydrogen-bond acceptors (Lipinski definition) is 5. The van der Waals surface area contributed by atoms with Crippen molar-refractivity contribution < 1.29 is 17.9 Å². The molecular formula is C17H25N3O4S. The van der Waals surface area contributed by atoms with Crippen molar-refractivity contribution in [2.45, 2.75) is 55.0 Å². The maximum Gasteiger partial charge on any atom is 0.251 e. The highest BCUT2D eigenvalue weighted by Crippen LogP contribution is 2.31. The number of carbonyl (C=O) groups is 1. The lowest BCUT2D eigenvalue weighted by atomic mass is 9.97. The summed E-state index contributed by atoms with van der Waals surface area (Å²) in [6.45, 7) is 0.378. The first-order valence-corrected chi connectivity index (χ1v) is 10.1.